The van der Waals surface area contributed by atoms with Gasteiger partial charge in [0.25, 0.3) is 0 Å². The van der Waals surface area contributed by atoms with Gasteiger partial charge in [0.1, 0.15) is 0 Å². The second-order valence-corrected chi connectivity index (χ2v) is 4.66. The van der Waals surface area contributed by atoms with Gasteiger partial charge in [-0.3, -0.25) is 4.79 Å². The zero-order chi connectivity index (χ0) is 11.1. The second kappa shape index (κ2) is 3.37. The molecule has 0 heterocycles. The van der Waals surface area contributed by atoms with Crippen molar-refractivity contribution in [2.75, 3.05) is 0 Å². The molecular weight excluding hydrogens is 188 g/mol. The van der Waals surface area contributed by atoms with Crippen molar-refractivity contribution in [1.29, 1.82) is 0 Å². The predicted octanol–water partition coefficient (Wildman–Crippen LogP) is 2.68. The molecule has 1 N–H and O–H groups in total. The number of carbonyl (C=O) groups is 1. The molecule has 1 saturated carbocycles. The van der Waals surface area contributed by atoms with Crippen LogP contribution >= 0.6 is 0 Å². The van der Waals surface area contributed by atoms with Crippen LogP contribution in [0.25, 0.3) is 0 Å². The maximum absolute atomic E-state index is 11.1. The van der Waals surface area contributed by atoms with Crippen LogP contribution in [0, 0.1) is 11.8 Å². The first-order chi connectivity index (χ1) is 7.09. The quantitative estimate of drug-likeness (QED) is 0.821. The number of rotatable bonds is 3. The largest absolute Gasteiger partial charge is 0.481 e. The summed E-state index contributed by atoms with van der Waals surface area (Å²) in [5.74, 6) is -0.478. The molecule has 2 atom stereocenters. The Balaban J connectivity index is 2.36. The molecule has 1 aromatic rings. The molecule has 0 saturated heterocycles. The molecule has 0 unspecified atom stereocenters. The van der Waals surface area contributed by atoms with Gasteiger partial charge in [-0.15, -0.1) is 0 Å². The van der Waals surface area contributed by atoms with Crippen LogP contribution < -0.4 is 0 Å². The topological polar surface area (TPSA) is 37.3 Å². The molecule has 0 aromatic heterocycles. The fraction of sp³-hybridized carbons (Fsp3) is 0.462. The molecule has 0 amide bonds. The lowest BCUT2D eigenvalue weighted by atomic mass is 9.83. The molecule has 2 rings (SSSR count). The van der Waals surface area contributed by atoms with Crippen molar-refractivity contribution in [1.82, 2.24) is 0 Å². The Morgan fingerprint density at radius 1 is 1.40 bits per heavy atom. The van der Waals surface area contributed by atoms with Gasteiger partial charge in [0.05, 0.1) is 5.92 Å². The first kappa shape index (κ1) is 10.2. The van der Waals surface area contributed by atoms with Crippen molar-refractivity contribution in [3.05, 3.63) is 35.9 Å². The van der Waals surface area contributed by atoms with Crippen molar-refractivity contribution in [3.8, 4) is 0 Å². The van der Waals surface area contributed by atoms with Gasteiger partial charge in [0.2, 0.25) is 0 Å². The molecule has 2 heteroatoms. The normalized spacial score (nSPS) is 29.1. The minimum atomic E-state index is -0.660. The summed E-state index contributed by atoms with van der Waals surface area (Å²) in [6.07, 6.45) is 0.782. The minimum Gasteiger partial charge on any atom is -0.481 e. The molecule has 2 nitrogen and oxygen atoms in total. The van der Waals surface area contributed by atoms with Crippen LogP contribution in [0.1, 0.15) is 25.8 Å². The molecule has 0 bridgehead atoms. The van der Waals surface area contributed by atoms with Crippen LogP contribution in [-0.4, -0.2) is 11.1 Å². The van der Waals surface area contributed by atoms with E-state index in [1.54, 1.807) is 0 Å². The van der Waals surface area contributed by atoms with Crippen LogP contribution in [0.5, 0.6) is 0 Å². The van der Waals surface area contributed by atoms with E-state index < -0.39 is 5.97 Å². The Hall–Kier alpha value is -1.31. The Labute approximate surface area is 89.9 Å². The van der Waals surface area contributed by atoms with E-state index in [1.165, 1.54) is 5.56 Å². The van der Waals surface area contributed by atoms with E-state index in [9.17, 15) is 4.79 Å². The molecule has 1 aromatic carbocycles. The lowest BCUT2D eigenvalue weighted by Gasteiger charge is -2.21. The maximum Gasteiger partial charge on any atom is 0.307 e. The van der Waals surface area contributed by atoms with Crippen LogP contribution in [-0.2, 0) is 10.2 Å². The summed E-state index contributed by atoms with van der Waals surface area (Å²) in [4.78, 5) is 11.1. The molecule has 0 aliphatic heterocycles. The van der Waals surface area contributed by atoms with Crippen molar-refractivity contribution in [3.63, 3.8) is 0 Å². The average molecular weight is 204 g/mol. The van der Waals surface area contributed by atoms with Crippen LogP contribution in [0.3, 0.4) is 0 Å². The number of carboxylic acid groups (broad SMARTS) is 1. The first-order valence-electron chi connectivity index (χ1n) is 5.37. The number of carboxylic acids is 1. The Morgan fingerprint density at radius 2 is 2.00 bits per heavy atom. The van der Waals surface area contributed by atoms with Crippen molar-refractivity contribution >= 4 is 5.97 Å². The second-order valence-electron chi connectivity index (χ2n) is 4.66. The summed E-state index contributed by atoms with van der Waals surface area (Å²) in [6.45, 7) is 4.21. The third-order valence-electron chi connectivity index (χ3n) is 3.64. The van der Waals surface area contributed by atoms with Crippen molar-refractivity contribution in [2.24, 2.45) is 11.8 Å². The highest BCUT2D eigenvalue weighted by Gasteiger charge is 2.61. The highest BCUT2D eigenvalue weighted by Crippen LogP contribution is 2.59. The van der Waals surface area contributed by atoms with Gasteiger partial charge in [-0.05, 0) is 17.9 Å². The van der Waals surface area contributed by atoms with Gasteiger partial charge in [-0.1, -0.05) is 44.2 Å². The summed E-state index contributed by atoms with van der Waals surface area (Å²) >= 11 is 0. The Kier molecular flexibility index (Phi) is 2.29. The van der Waals surface area contributed by atoms with Crippen molar-refractivity contribution in [2.45, 2.75) is 25.7 Å². The fourth-order valence-electron chi connectivity index (χ4n) is 2.63. The van der Waals surface area contributed by atoms with Gasteiger partial charge in [-0.2, -0.15) is 0 Å². The fourth-order valence-corrected chi connectivity index (χ4v) is 2.63. The van der Waals surface area contributed by atoms with E-state index in [0.717, 1.165) is 6.42 Å². The van der Waals surface area contributed by atoms with Gasteiger partial charge in [0.15, 0.2) is 0 Å². The average Bonchev–Trinajstić information content (AvgIpc) is 2.95. The zero-order valence-electron chi connectivity index (χ0n) is 9.10. The molecule has 1 fully saturated rings. The van der Waals surface area contributed by atoms with Crippen LogP contribution in [0.15, 0.2) is 30.3 Å². The first-order valence-corrected chi connectivity index (χ1v) is 5.37. The van der Waals surface area contributed by atoms with E-state index in [4.69, 9.17) is 5.11 Å². The highest BCUT2D eigenvalue weighted by molar-refractivity contribution is 5.77. The van der Waals surface area contributed by atoms with E-state index in [1.807, 2.05) is 30.3 Å². The lowest BCUT2D eigenvalue weighted by Crippen LogP contribution is -2.21. The number of aliphatic carboxylic acids is 1. The lowest BCUT2D eigenvalue weighted by molar-refractivity contribution is -0.139. The summed E-state index contributed by atoms with van der Waals surface area (Å²) in [7, 11) is 0. The molecule has 0 radical (unpaired) electrons. The maximum atomic E-state index is 11.1. The molecule has 80 valence electrons. The van der Waals surface area contributed by atoms with E-state index >= 15 is 0 Å². The molecule has 1 aliphatic carbocycles. The summed E-state index contributed by atoms with van der Waals surface area (Å²) in [5, 5.41) is 9.10. The Bertz CT molecular complexity index is 369. The zero-order valence-corrected chi connectivity index (χ0v) is 9.10. The molecule has 1 aliphatic rings. The minimum absolute atomic E-state index is 0.118. The summed E-state index contributed by atoms with van der Waals surface area (Å²) < 4.78 is 0. The molecule has 0 spiro atoms. The van der Waals surface area contributed by atoms with Crippen LogP contribution in [0.2, 0.25) is 0 Å². The number of hydrogen-bond donors (Lipinski definition) is 1. The SMILES string of the molecule is CC(C)[C@@]1(c2ccccc2)C[C@H]1C(=O)O. The predicted molar refractivity (Wildman–Crippen MR) is 58.7 cm³/mol. The monoisotopic (exact) mass is 204 g/mol. The van der Waals surface area contributed by atoms with E-state index in [2.05, 4.69) is 13.8 Å². The Morgan fingerprint density at radius 3 is 2.40 bits per heavy atom. The van der Waals surface area contributed by atoms with E-state index in [-0.39, 0.29) is 11.3 Å². The van der Waals surface area contributed by atoms with E-state index in [0.29, 0.717) is 5.92 Å². The molecule has 15 heavy (non-hydrogen) atoms. The van der Waals surface area contributed by atoms with Gasteiger partial charge >= 0.3 is 5.97 Å². The summed E-state index contributed by atoms with van der Waals surface area (Å²) in [6, 6.07) is 10.0. The number of hydrogen-bond acceptors (Lipinski definition) is 1. The summed E-state index contributed by atoms with van der Waals surface area (Å²) in [5.41, 5.74) is 1.06. The highest BCUT2D eigenvalue weighted by atomic mass is 16.4. The standard InChI is InChI=1S/C13H16O2/c1-9(2)13(8-11(13)12(14)15)10-6-4-3-5-7-10/h3-7,9,11H,8H2,1-2H3,(H,14,15)/t11-,13+/m0/s1. The smallest absolute Gasteiger partial charge is 0.307 e. The number of benzene rings is 1. The third-order valence-corrected chi connectivity index (χ3v) is 3.64. The van der Waals surface area contributed by atoms with Gasteiger partial charge in [-0.25, -0.2) is 0 Å². The van der Waals surface area contributed by atoms with Gasteiger partial charge < -0.3 is 5.11 Å². The molecular formula is C13H16O2. The third kappa shape index (κ3) is 1.44. The van der Waals surface area contributed by atoms with Crippen molar-refractivity contribution < 1.29 is 9.90 Å². The van der Waals surface area contributed by atoms with Gasteiger partial charge in [0, 0.05) is 5.41 Å². The van der Waals surface area contributed by atoms with Crippen LogP contribution in [0.4, 0.5) is 0 Å².